The van der Waals surface area contributed by atoms with Gasteiger partial charge in [0.05, 0.1) is 12.4 Å². The van der Waals surface area contributed by atoms with Crippen molar-refractivity contribution in [2.45, 2.75) is 12.8 Å². The molecule has 0 atom stereocenters. The number of anilines is 2. The molecule has 1 amide bonds. The molecule has 0 bridgehead atoms. The van der Waals surface area contributed by atoms with Gasteiger partial charge in [-0.1, -0.05) is 0 Å². The van der Waals surface area contributed by atoms with Gasteiger partial charge in [-0.3, -0.25) is 9.59 Å². The predicted molar refractivity (Wildman–Crippen MR) is 95.1 cm³/mol. The highest BCUT2D eigenvalue weighted by molar-refractivity contribution is 9.10. The van der Waals surface area contributed by atoms with Crippen LogP contribution in [0.1, 0.15) is 23.2 Å². The molecule has 1 aromatic heterocycles. The summed E-state index contributed by atoms with van der Waals surface area (Å²) in [6.45, 7) is 1.62. The molecule has 0 radical (unpaired) electrons. The molecule has 0 spiro atoms. The van der Waals surface area contributed by atoms with Crippen molar-refractivity contribution in [3.63, 3.8) is 0 Å². The maximum absolute atomic E-state index is 12.3. The first kappa shape index (κ1) is 16.6. The Morgan fingerprint density at radius 2 is 1.88 bits per heavy atom. The molecule has 1 saturated heterocycles. The van der Waals surface area contributed by atoms with Gasteiger partial charge in [0.2, 0.25) is 5.91 Å². The van der Waals surface area contributed by atoms with Crippen LogP contribution in [-0.4, -0.2) is 35.3 Å². The van der Waals surface area contributed by atoms with Crippen molar-refractivity contribution in [1.82, 2.24) is 9.97 Å². The summed E-state index contributed by atoms with van der Waals surface area (Å²) in [4.78, 5) is 33.4. The van der Waals surface area contributed by atoms with Crippen molar-refractivity contribution < 1.29 is 9.59 Å². The third kappa shape index (κ3) is 3.97. The molecular weight excluding hydrogens is 372 g/mol. The molecule has 0 aliphatic carbocycles. The van der Waals surface area contributed by atoms with E-state index in [1.54, 1.807) is 6.20 Å². The van der Waals surface area contributed by atoms with Gasteiger partial charge in [0, 0.05) is 30.3 Å². The molecule has 6 nitrogen and oxygen atoms in total. The summed E-state index contributed by atoms with van der Waals surface area (Å²) in [5.41, 5.74) is 1.75. The largest absolute Gasteiger partial charge is 0.371 e. The van der Waals surface area contributed by atoms with Gasteiger partial charge < -0.3 is 10.2 Å². The van der Waals surface area contributed by atoms with Crippen LogP contribution in [0, 0.1) is 5.92 Å². The number of rotatable bonds is 4. The fraction of sp³-hybridized carbons (Fsp3) is 0.294. The van der Waals surface area contributed by atoms with Gasteiger partial charge in [-0.2, -0.15) is 0 Å². The first-order valence-electron chi connectivity index (χ1n) is 7.74. The number of carbonyl (C=O) groups excluding carboxylic acids is 2. The van der Waals surface area contributed by atoms with E-state index in [1.807, 2.05) is 24.3 Å². The molecule has 1 aliphatic rings. The minimum atomic E-state index is -0.0269. The summed E-state index contributed by atoms with van der Waals surface area (Å²) in [6, 6.07) is 7.52. The SMILES string of the molecule is O=Cc1ccc(N2CCC(C(=O)Nc3cnc(Br)cn3)CC2)cc1. The molecule has 7 heteroatoms. The van der Waals surface area contributed by atoms with E-state index in [9.17, 15) is 9.59 Å². The number of halogens is 1. The average Bonchev–Trinajstić information content (AvgIpc) is 2.64. The summed E-state index contributed by atoms with van der Waals surface area (Å²) in [6.07, 6.45) is 5.49. The van der Waals surface area contributed by atoms with Crippen LogP contribution in [-0.2, 0) is 4.79 Å². The third-order valence-corrected chi connectivity index (χ3v) is 4.54. The summed E-state index contributed by atoms with van der Waals surface area (Å²) in [5, 5.41) is 2.82. The van der Waals surface area contributed by atoms with E-state index < -0.39 is 0 Å². The van der Waals surface area contributed by atoms with Gasteiger partial charge in [-0.25, -0.2) is 9.97 Å². The van der Waals surface area contributed by atoms with Crippen molar-refractivity contribution in [1.29, 1.82) is 0 Å². The van der Waals surface area contributed by atoms with Crippen LogP contribution < -0.4 is 10.2 Å². The zero-order valence-corrected chi connectivity index (χ0v) is 14.6. The van der Waals surface area contributed by atoms with Crippen LogP contribution in [0.5, 0.6) is 0 Å². The minimum Gasteiger partial charge on any atom is -0.371 e. The highest BCUT2D eigenvalue weighted by Crippen LogP contribution is 2.24. The van der Waals surface area contributed by atoms with Crippen LogP contribution in [0.2, 0.25) is 0 Å². The Kier molecular flexibility index (Phi) is 5.20. The smallest absolute Gasteiger partial charge is 0.228 e. The lowest BCUT2D eigenvalue weighted by Crippen LogP contribution is -2.38. The van der Waals surface area contributed by atoms with Gasteiger partial charge in [0.15, 0.2) is 5.82 Å². The van der Waals surface area contributed by atoms with E-state index in [2.05, 4.69) is 36.1 Å². The molecule has 24 heavy (non-hydrogen) atoms. The number of carbonyl (C=O) groups is 2. The molecule has 2 heterocycles. The van der Waals surface area contributed by atoms with Gasteiger partial charge in [-0.05, 0) is 53.0 Å². The number of benzene rings is 1. The summed E-state index contributed by atoms with van der Waals surface area (Å²) >= 11 is 3.21. The first-order chi connectivity index (χ1) is 11.7. The Labute approximate surface area is 148 Å². The molecule has 1 N–H and O–H groups in total. The quantitative estimate of drug-likeness (QED) is 0.814. The Morgan fingerprint density at radius 3 is 2.46 bits per heavy atom. The number of aldehydes is 1. The predicted octanol–water partition coefficient (Wildman–Crippen LogP) is 2.91. The lowest BCUT2D eigenvalue weighted by molar-refractivity contribution is -0.120. The van der Waals surface area contributed by atoms with Gasteiger partial charge in [0.1, 0.15) is 10.9 Å². The molecule has 124 valence electrons. The number of piperidine rings is 1. The van der Waals surface area contributed by atoms with Crippen LogP contribution in [0.25, 0.3) is 0 Å². The second kappa shape index (κ2) is 7.53. The first-order valence-corrected chi connectivity index (χ1v) is 8.53. The van der Waals surface area contributed by atoms with E-state index in [0.717, 1.165) is 37.9 Å². The number of nitrogens with one attached hydrogen (secondary N) is 1. The maximum atomic E-state index is 12.3. The van der Waals surface area contributed by atoms with Crippen LogP contribution in [0.3, 0.4) is 0 Å². The highest BCUT2D eigenvalue weighted by atomic mass is 79.9. The fourth-order valence-electron chi connectivity index (χ4n) is 2.77. The van der Waals surface area contributed by atoms with E-state index in [-0.39, 0.29) is 11.8 Å². The maximum Gasteiger partial charge on any atom is 0.228 e. The lowest BCUT2D eigenvalue weighted by atomic mass is 9.95. The zero-order chi connectivity index (χ0) is 16.9. The minimum absolute atomic E-state index is 0.0115. The normalized spacial score (nSPS) is 15.1. The third-order valence-electron chi connectivity index (χ3n) is 4.13. The van der Waals surface area contributed by atoms with E-state index in [0.29, 0.717) is 16.0 Å². The van der Waals surface area contributed by atoms with Crippen molar-refractivity contribution >= 4 is 39.6 Å². The monoisotopic (exact) mass is 388 g/mol. The van der Waals surface area contributed by atoms with Gasteiger partial charge in [-0.15, -0.1) is 0 Å². The number of amides is 1. The number of hydrogen-bond acceptors (Lipinski definition) is 5. The molecule has 1 fully saturated rings. The van der Waals surface area contributed by atoms with E-state index in [4.69, 9.17) is 0 Å². The molecule has 0 unspecified atom stereocenters. The fourth-order valence-corrected chi connectivity index (χ4v) is 2.97. The Morgan fingerprint density at radius 1 is 1.17 bits per heavy atom. The van der Waals surface area contributed by atoms with Crippen molar-refractivity contribution in [2.24, 2.45) is 5.92 Å². The summed E-state index contributed by atoms with van der Waals surface area (Å²) in [5.74, 6) is 0.429. The Hall–Kier alpha value is -2.28. The molecule has 1 aromatic carbocycles. The highest BCUT2D eigenvalue weighted by Gasteiger charge is 2.25. The van der Waals surface area contributed by atoms with Crippen molar-refractivity contribution in [3.8, 4) is 0 Å². The molecule has 0 saturated carbocycles. The lowest BCUT2D eigenvalue weighted by Gasteiger charge is -2.33. The zero-order valence-electron chi connectivity index (χ0n) is 13.0. The van der Waals surface area contributed by atoms with Crippen molar-refractivity contribution in [3.05, 3.63) is 46.8 Å². The van der Waals surface area contributed by atoms with E-state index in [1.165, 1.54) is 6.20 Å². The van der Waals surface area contributed by atoms with Crippen LogP contribution in [0.15, 0.2) is 41.3 Å². The Balaban J connectivity index is 1.54. The van der Waals surface area contributed by atoms with Gasteiger partial charge in [0.25, 0.3) is 0 Å². The number of hydrogen-bond donors (Lipinski definition) is 1. The second-order valence-corrected chi connectivity index (χ2v) is 6.50. The second-order valence-electron chi connectivity index (χ2n) is 5.68. The van der Waals surface area contributed by atoms with Crippen LogP contribution in [0.4, 0.5) is 11.5 Å². The van der Waals surface area contributed by atoms with E-state index >= 15 is 0 Å². The average molecular weight is 389 g/mol. The number of nitrogens with zero attached hydrogens (tertiary/aromatic N) is 3. The standard InChI is InChI=1S/C17H17BrN4O2/c18-15-9-20-16(10-19-15)21-17(24)13-5-7-22(8-6-13)14-3-1-12(11-23)2-4-14/h1-4,9-11,13H,5-8H2,(H,20,21,24). The topological polar surface area (TPSA) is 75.2 Å². The molecule has 2 aromatic rings. The summed E-state index contributed by atoms with van der Waals surface area (Å²) < 4.78 is 0.634. The summed E-state index contributed by atoms with van der Waals surface area (Å²) in [7, 11) is 0. The molecule has 1 aliphatic heterocycles. The number of aromatic nitrogens is 2. The van der Waals surface area contributed by atoms with Crippen molar-refractivity contribution in [2.75, 3.05) is 23.3 Å². The Bertz CT molecular complexity index is 710. The van der Waals surface area contributed by atoms with Gasteiger partial charge >= 0.3 is 0 Å². The molecular formula is C17H17BrN4O2. The van der Waals surface area contributed by atoms with Crippen LogP contribution >= 0.6 is 15.9 Å². The molecule has 3 rings (SSSR count).